The molecule has 2 fully saturated rings. The lowest BCUT2D eigenvalue weighted by molar-refractivity contribution is -0.215. The Morgan fingerprint density at radius 2 is 1.33 bits per heavy atom. The van der Waals surface area contributed by atoms with Gasteiger partial charge in [-0.2, -0.15) is 16.8 Å². The Morgan fingerprint density at radius 3 is 1.88 bits per heavy atom. The highest BCUT2D eigenvalue weighted by Gasteiger charge is 2.57. The van der Waals surface area contributed by atoms with E-state index in [1.165, 1.54) is 24.3 Å². The molecule has 2 saturated heterocycles. The zero-order valence-electron chi connectivity index (χ0n) is 18.6. The van der Waals surface area contributed by atoms with Crippen LogP contribution < -0.4 is 0 Å². The first-order valence-electron chi connectivity index (χ1n) is 10.3. The fourth-order valence-corrected chi connectivity index (χ4v) is 5.66. The van der Waals surface area contributed by atoms with Crippen LogP contribution in [0.4, 0.5) is 0 Å². The number of hydrogen-bond acceptors (Lipinski definition) is 9. The monoisotopic (exact) mass is 498 g/mol. The zero-order valence-corrected chi connectivity index (χ0v) is 20.3. The standard InChI is InChI=1S/C22H26O9S2/c1-14-5-9-16(10-6-14)32(23,24)27-13-18-19(20-21(28-18)30-22(3,4)29-20)31-33(25,26)17-11-7-15(2)8-12-17/h5-12,18-21H,13H2,1-4H3/t18-,19?,20?,21?/m1/s1. The molecule has 4 atom stereocenters. The molecule has 2 heterocycles. The Hall–Kier alpha value is -1.86. The summed E-state index contributed by atoms with van der Waals surface area (Å²) in [4.78, 5) is -0.0636. The van der Waals surface area contributed by atoms with Crippen molar-refractivity contribution in [1.29, 1.82) is 0 Å². The Labute approximate surface area is 193 Å². The van der Waals surface area contributed by atoms with E-state index in [-0.39, 0.29) is 9.79 Å². The molecule has 0 amide bonds. The summed E-state index contributed by atoms with van der Waals surface area (Å²) >= 11 is 0. The molecule has 0 radical (unpaired) electrons. The van der Waals surface area contributed by atoms with E-state index in [0.29, 0.717) is 0 Å². The first-order chi connectivity index (χ1) is 15.4. The van der Waals surface area contributed by atoms with Crippen LogP contribution in [0.3, 0.4) is 0 Å². The van der Waals surface area contributed by atoms with Crippen molar-refractivity contribution in [3.63, 3.8) is 0 Å². The molecular formula is C22H26O9S2. The van der Waals surface area contributed by atoms with Gasteiger partial charge in [0, 0.05) is 0 Å². The van der Waals surface area contributed by atoms with Crippen LogP contribution in [-0.2, 0) is 42.8 Å². The van der Waals surface area contributed by atoms with Crippen LogP contribution in [0.25, 0.3) is 0 Å². The Morgan fingerprint density at radius 1 is 0.818 bits per heavy atom. The minimum atomic E-state index is -4.20. The van der Waals surface area contributed by atoms with Gasteiger partial charge in [0.05, 0.1) is 16.4 Å². The minimum Gasteiger partial charge on any atom is -0.341 e. The molecular weight excluding hydrogens is 472 g/mol. The summed E-state index contributed by atoms with van der Waals surface area (Å²) < 4.78 is 78.9. The van der Waals surface area contributed by atoms with Crippen LogP contribution >= 0.6 is 0 Å². The first-order valence-corrected chi connectivity index (χ1v) is 13.2. The van der Waals surface area contributed by atoms with Crippen molar-refractivity contribution >= 4 is 20.2 Å². The van der Waals surface area contributed by atoms with Crippen molar-refractivity contribution in [2.45, 2.75) is 67.9 Å². The molecule has 2 aromatic carbocycles. The third-order valence-electron chi connectivity index (χ3n) is 5.33. The van der Waals surface area contributed by atoms with Gasteiger partial charge in [-0.1, -0.05) is 35.4 Å². The number of benzene rings is 2. The molecule has 0 saturated carbocycles. The molecule has 2 aliphatic rings. The van der Waals surface area contributed by atoms with Gasteiger partial charge in [0.1, 0.15) is 18.3 Å². The summed E-state index contributed by atoms with van der Waals surface area (Å²) in [6.07, 6.45) is -4.09. The second kappa shape index (κ2) is 8.73. The summed E-state index contributed by atoms with van der Waals surface area (Å²) in [5.41, 5.74) is 1.78. The number of fused-ring (bicyclic) bond motifs is 1. The summed E-state index contributed by atoms with van der Waals surface area (Å²) in [5.74, 6) is -1.02. The molecule has 0 aromatic heterocycles. The Kier molecular flexibility index (Phi) is 6.42. The number of ether oxygens (including phenoxy) is 3. The molecule has 11 heteroatoms. The predicted molar refractivity (Wildman–Crippen MR) is 116 cm³/mol. The van der Waals surface area contributed by atoms with Crippen molar-refractivity contribution in [3.8, 4) is 0 Å². The Balaban J connectivity index is 1.55. The molecule has 0 N–H and O–H groups in total. The van der Waals surface area contributed by atoms with Crippen LogP contribution in [0.5, 0.6) is 0 Å². The van der Waals surface area contributed by atoms with Crippen molar-refractivity contribution in [3.05, 3.63) is 59.7 Å². The molecule has 3 unspecified atom stereocenters. The van der Waals surface area contributed by atoms with Gasteiger partial charge in [-0.05, 0) is 52.0 Å². The van der Waals surface area contributed by atoms with Gasteiger partial charge in [0.15, 0.2) is 12.1 Å². The van der Waals surface area contributed by atoms with Crippen LogP contribution in [0.1, 0.15) is 25.0 Å². The van der Waals surface area contributed by atoms with Gasteiger partial charge in [0.25, 0.3) is 20.2 Å². The van der Waals surface area contributed by atoms with Crippen LogP contribution in [-0.4, -0.2) is 53.8 Å². The summed E-state index contributed by atoms with van der Waals surface area (Å²) in [5, 5.41) is 0. The summed E-state index contributed by atoms with van der Waals surface area (Å²) in [6.45, 7) is 6.51. The van der Waals surface area contributed by atoms with E-state index in [9.17, 15) is 16.8 Å². The molecule has 180 valence electrons. The van der Waals surface area contributed by atoms with E-state index in [1.54, 1.807) is 38.1 Å². The maximum Gasteiger partial charge on any atom is 0.297 e. The van der Waals surface area contributed by atoms with Gasteiger partial charge in [0.2, 0.25) is 0 Å². The van der Waals surface area contributed by atoms with Gasteiger partial charge >= 0.3 is 0 Å². The van der Waals surface area contributed by atoms with E-state index < -0.39 is 57.2 Å². The third kappa shape index (κ3) is 5.29. The van der Waals surface area contributed by atoms with Gasteiger partial charge in [-0.25, -0.2) is 0 Å². The highest BCUT2D eigenvalue weighted by molar-refractivity contribution is 7.87. The number of hydrogen-bond donors (Lipinski definition) is 0. The van der Waals surface area contributed by atoms with E-state index >= 15 is 0 Å². The lowest BCUT2D eigenvalue weighted by Crippen LogP contribution is -2.40. The van der Waals surface area contributed by atoms with E-state index in [1.807, 2.05) is 13.8 Å². The number of aryl methyl sites for hydroxylation is 2. The van der Waals surface area contributed by atoms with Gasteiger partial charge in [-0.3, -0.25) is 8.37 Å². The lowest BCUT2D eigenvalue weighted by atomic mass is 10.1. The average molecular weight is 499 g/mol. The molecule has 33 heavy (non-hydrogen) atoms. The van der Waals surface area contributed by atoms with Crippen molar-refractivity contribution in [1.82, 2.24) is 0 Å². The topological polar surface area (TPSA) is 114 Å². The second-order valence-electron chi connectivity index (χ2n) is 8.52. The lowest BCUT2D eigenvalue weighted by Gasteiger charge is -2.25. The second-order valence-corrected chi connectivity index (χ2v) is 11.7. The summed E-state index contributed by atoms with van der Waals surface area (Å²) in [6, 6.07) is 12.3. The molecule has 0 aliphatic carbocycles. The highest BCUT2D eigenvalue weighted by atomic mass is 32.2. The molecule has 9 nitrogen and oxygen atoms in total. The molecule has 0 bridgehead atoms. The van der Waals surface area contributed by atoms with E-state index in [2.05, 4.69) is 0 Å². The van der Waals surface area contributed by atoms with Crippen LogP contribution in [0.15, 0.2) is 58.3 Å². The van der Waals surface area contributed by atoms with Crippen molar-refractivity contribution in [2.24, 2.45) is 0 Å². The fourth-order valence-electron chi connectivity index (χ4n) is 3.63. The van der Waals surface area contributed by atoms with E-state index in [0.717, 1.165) is 11.1 Å². The SMILES string of the molecule is Cc1ccc(S(=O)(=O)OC[C@H]2OC3OC(C)(C)OC3C2OS(=O)(=O)c2ccc(C)cc2)cc1. The van der Waals surface area contributed by atoms with Crippen molar-refractivity contribution < 1.29 is 39.4 Å². The van der Waals surface area contributed by atoms with Crippen molar-refractivity contribution in [2.75, 3.05) is 6.61 Å². The molecule has 0 spiro atoms. The predicted octanol–water partition coefficient (Wildman–Crippen LogP) is 2.66. The largest absolute Gasteiger partial charge is 0.341 e. The van der Waals surface area contributed by atoms with Gasteiger partial charge in [-0.15, -0.1) is 0 Å². The van der Waals surface area contributed by atoms with E-state index in [4.69, 9.17) is 22.6 Å². The molecule has 4 rings (SSSR count). The third-order valence-corrected chi connectivity index (χ3v) is 7.95. The normalized spacial score (nSPS) is 26.9. The highest BCUT2D eigenvalue weighted by Crippen LogP contribution is 2.40. The average Bonchev–Trinajstić information content (AvgIpc) is 3.19. The van der Waals surface area contributed by atoms with Crippen LogP contribution in [0.2, 0.25) is 0 Å². The summed E-state index contributed by atoms with van der Waals surface area (Å²) in [7, 11) is -8.30. The van der Waals surface area contributed by atoms with Gasteiger partial charge < -0.3 is 14.2 Å². The number of rotatable bonds is 7. The van der Waals surface area contributed by atoms with Crippen LogP contribution in [0, 0.1) is 13.8 Å². The quantitative estimate of drug-likeness (QED) is 0.531. The maximum atomic E-state index is 12.9. The fraction of sp³-hybridized carbons (Fsp3) is 0.455. The smallest absolute Gasteiger partial charge is 0.297 e. The molecule has 2 aromatic rings. The Bertz CT molecular complexity index is 1200. The maximum absolute atomic E-state index is 12.9. The minimum absolute atomic E-state index is 0.0235. The first kappa shape index (κ1) is 24.3. The molecule has 2 aliphatic heterocycles. The zero-order chi connectivity index (χ0) is 24.0.